The highest BCUT2D eigenvalue weighted by Gasteiger charge is 2.13. The third-order valence-electron chi connectivity index (χ3n) is 2.34. The van der Waals surface area contributed by atoms with E-state index >= 15 is 0 Å². The number of nitrogens with two attached hydrogens (primary N) is 1. The molecule has 0 fully saturated rings. The lowest BCUT2D eigenvalue weighted by molar-refractivity contribution is -0.128. The molecule has 0 radical (unpaired) electrons. The number of carbonyl (C=O) groups excluding carboxylic acids is 1. The van der Waals surface area contributed by atoms with Crippen LogP contribution in [0.2, 0.25) is 0 Å². The van der Waals surface area contributed by atoms with E-state index in [2.05, 4.69) is 4.98 Å². The summed E-state index contributed by atoms with van der Waals surface area (Å²) < 4.78 is 0. The monoisotopic (exact) mass is 283 g/mol. The van der Waals surface area contributed by atoms with Gasteiger partial charge in [0.2, 0.25) is 5.91 Å². The number of nitrogens with zero attached hydrogens (tertiary/aromatic N) is 2. The molecule has 98 valence electrons. The summed E-state index contributed by atoms with van der Waals surface area (Å²) in [6.45, 7) is 1.11. The van der Waals surface area contributed by atoms with Gasteiger partial charge in [0, 0.05) is 31.9 Å². The fourth-order valence-electron chi connectivity index (χ4n) is 1.46. The van der Waals surface area contributed by atoms with Gasteiger partial charge in [0.05, 0.1) is 10.7 Å². The zero-order valence-electron chi connectivity index (χ0n) is 10.3. The highest BCUT2D eigenvalue weighted by molar-refractivity contribution is 7.99. The van der Waals surface area contributed by atoms with E-state index in [0.717, 1.165) is 5.56 Å². The molecule has 0 saturated carbocycles. The predicted octanol–water partition coefficient (Wildman–Crippen LogP) is 1.45. The zero-order chi connectivity index (χ0) is 13.4. The average Bonchev–Trinajstić information content (AvgIpc) is 2.35. The van der Waals surface area contributed by atoms with Crippen LogP contribution in [0.3, 0.4) is 0 Å². The molecule has 0 aliphatic carbocycles. The van der Waals surface area contributed by atoms with Crippen molar-refractivity contribution in [2.24, 2.45) is 5.73 Å². The third-order valence-corrected chi connectivity index (χ3v) is 3.08. The van der Waals surface area contributed by atoms with E-state index in [0.29, 0.717) is 30.3 Å². The molecule has 1 aromatic rings. The molecule has 0 saturated heterocycles. The fourth-order valence-corrected chi connectivity index (χ4v) is 1.98. The Morgan fingerprint density at radius 3 is 2.94 bits per heavy atom. The molecule has 1 rings (SSSR count). The molecular formula is C12H17N3OS2. The van der Waals surface area contributed by atoms with Gasteiger partial charge in [0.1, 0.15) is 0 Å². The van der Waals surface area contributed by atoms with Crippen molar-refractivity contribution in [3.63, 3.8) is 0 Å². The Kier molecular flexibility index (Phi) is 6.67. The van der Waals surface area contributed by atoms with Gasteiger partial charge in [-0.15, -0.1) is 0 Å². The Balaban J connectivity index is 2.64. The summed E-state index contributed by atoms with van der Waals surface area (Å²) >= 11 is 6.36. The van der Waals surface area contributed by atoms with Gasteiger partial charge in [-0.3, -0.25) is 9.78 Å². The van der Waals surface area contributed by atoms with Crippen LogP contribution in [0.25, 0.3) is 0 Å². The summed E-state index contributed by atoms with van der Waals surface area (Å²) in [5.74, 6) is 0.569. The first-order valence-electron chi connectivity index (χ1n) is 5.57. The summed E-state index contributed by atoms with van der Waals surface area (Å²) in [5.41, 5.74) is 6.49. The second-order valence-corrected chi connectivity index (χ2v) is 5.22. The summed E-state index contributed by atoms with van der Waals surface area (Å²) in [6.07, 6.45) is 5.94. The fraction of sp³-hybridized carbons (Fsp3) is 0.417. The number of amides is 1. The molecule has 6 heteroatoms. The van der Waals surface area contributed by atoms with Crippen molar-refractivity contribution in [2.45, 2.75) is 13.0 Å². The maximum absolute atomic E-state index is 12.0. The van der Waals surface area contributed by atoms with E-state index in [1.165, 1.54) is 11.8 Å². The van der Waals surface area contributed by atoms with E-state index in [9.17, 15) is 4.79 Å². The average molecular weight is 283 g/mol. The van der Waals surface area contributed by atoms with E-state index in [-0.39, 0.29) is 5.91 Å². The SMILES string of the molecule is CSCC(=O)N(CCC(N)=S)Cc1cccnc1. The summed E-state index contributed by atoms with van der Waals surface area (Å²) in [6, 6.07) is 3.81. The van der Waals surface area contributed by atoms with E-state index in [1.54, 1.807) is 17.3 Å². The number of rotatable bonds is 7. The topological polar surface area (TPSA) is 59.2 Å². The smallest absolute Gasteiger partial charge is 0.232 e. The minimum Gasteiger partial charge on any atom is -0.393 e. The highest BCUT2D eigenvalue weighted by atomic mass is 32.2. The number of hydrogen-bond donors (Lipinski definition) is 1. The molecule has 4 nitrogen and oxygen atoms in total. The van der Waals surface area contributed by atoms with Crippen LogP contribution in [-0.2, 0) is 11.3 Å². The number of aromatic nitrogens is 1. The van der Waals surface area contributed by atoms with Gasteiger partial charge in [0.25, 0.3) is 0 Å². The van der Waals surface area contributed by atoms with Gasteiger partial charge in [-0.2, -0.15) is 11.8 Å². The third kappa shape index (κ3) is 5.46. The van der Waals surface area contributed by atoms with Gasteiger partial charge < -0.3 is 10.6 Å². The first-order valence-corrected chi connectivity index (χ1v) is 7.37. The lowest BCUT2D eigenvalue weighted by Gasteiger charge is -2.22. The largest absolute Gasteiger partial charge is 0.393 e. The molecule has 2 N–H and O–H groups in total. The summed E-state index contributed by atoms with van der Waals surface area (Å²) in [5, 5.41) is 0. The van der Waals surface area contributed by atoms with Crippen molar-refractivity contribution in [3.05, 3.63) is 30.1 Å². The summed E-state index contributed by atoms with van der Waals surface area (Å²) in [7, 11) is 0. The number of hydrogen-bond acceptors (Lipinski definition) is 4. The van der Waals surface area contributed by atoms with Crippen LogP contribution in [0.15, 0.2) is 24.5 Å². The first kappa shape index (κ1) is 14.9. The first-order chi connectivity index (χ1) is 8.63. The molecule has 0 bridgehead atoms. The molecular weight excluding hydrogens is 266 g/mol. The standard InChI is InChI=1S/C12H17N3OS2/c1-18-9-12(16)15(6-4-11(13)17)8-10-3-2-5-14-7-10/h2-3,5,7H,4,6,8-9H2,1H3,(H2,13,17). The lowest BCUT2D eigenvalue weighted by atomic mass is 10.2. The van der Waals surface area contributed by atoms with Crippen molar-refractivity contribution >= 4 is 34.9 Å². The van der Waals surface area contributed by atoms with Gasteiger partial charge in [-0.05, 0) is 17.9 Å². The van der Waals surface area contributed by atoms with Crippen LogP contribution in [-0.4, -0.2) is 39.3 Å². The van der Waals surface area contributed by atoms with Crippen molar-refractivity contribution in [3.8, 4) is 0 Å². The molecule has 0 unspecified atom stereocenters. The normalized spacial score (nSPS) is 10.1. The van der Waals surface area contributed by atoms with E-state index in [4.69, 9.17) is 18.0 Å². The second kappa shape index (κ2) is 8.05. The number of pyridine rings is 1. The Bertz CT molecular complexity index is 398. The van der Waals surface area contributed by atoms with Crippen LogP contribution in [0.4, 0.5) is 0 Å². The Morgan fingerprint density at radius 2 is 2.39 bits per heavy atom. The van der Waals surface area contributed by atoms with Gasteiger partial charge in [0.15, 0.2) is 0 Å². The van der Waals surface area contributed by atoms with Gasteiger partial charge in [-0.25, -0.2) is 0 Å². The van der Waals surface area contributed by atoms with Gasteiger partial charge >= 0.3 is 0 Å². The molecule has 18 heavy (non-hydrogen) atoms. The molecule has 1 amide bonds. The maximum Gasteiger partial charge on any atom is 0.232 e. The lowest BCUT2D eigenvalue weighted by Crippen LogP contribution is -2.34. The zero-order valence-corrected chi connectivity index (χ0v) is 12.0. The molecule has 0 atom stereocenters. The highest BCUT2D eigenvalue weighted by Crippen LogP contribution is 2.06. The Hall–Kier alpha value is -1.14. The van der Waals surface area contributed by atoms with Crippen molar-refractivity contribution in [1.29, 1.82) is 0 Å². The van der Waals surface area contributed by atoms with Crippen molar-refractivity contribution < 1.29 is 4.79 Å². The number of carbonyl (C=O) groups is 1. The van der Waals surface area contributed by atoms with Crippen LogP contribution in [0.1, 0.15) is 12.0 Å². The number of thioether (sulfide) groups is 1. The Labute approximate surface area is 117 Å². The minimum absolute atomic E-state index is 0.0996. The molecule has 1 aromatic heterocycles. The predicted molar refractivity (Wildman–Crippen MR) is 79.4 cm³/mol. The maximum atomic E-state index is 12.0. The summed E-state index contributed by atoms with van der Waals surface area (Å²) in [4.78, 5) is 18.2. The minimum atomic E-state index is 0.0996. The van der Waals surface area contributed by atoms with E-state index in [1.807, 2.05) is 18.4 Å². The second-order valence-electron chi connectivity index (χ2n) is 3.83. The quantitative estimate of drug-likeness (QED) is 0.768. The number of thiocarbonyl (C=S) groups is 1. The van der Waals surface area contributed by atoms with Crippen LogP contribution < -0.4 is 5.73 Å². The molecule has 0 aromatic carbocycles. The van der Waals surface area contributed by atoms with Crippen LogP contribution >= 0.6 is 24.0 Å². The van der Waals surface area contributed by atoms with Crippen LogP contribution in [0.5, 0.6) is 0 Å². The van der Waals surface area contributed by atoms with Crippen molar-refractivity contribution in [2.75, 3.05) is 18.6 Å². The van der Waals surface area contributed by atoms with Crippen LogP contribution in [0, 0.1) is 0 Å². The molecule has 0 aliphatic heterocycles. The molecule has 0 spiro atoms. The van der Waals surface area contributed by atoms with Gasteiger partial charge in [-0.1, -0.05) is 18.3 Å². The molecule has 1 heterocycles. The molecule has 0 aliphatic rings. The van der Waals surface area contributed by atoms with E-state index < -0.39 is 0 Å². The Morgan fingerprint density at radius 1 is 1.61 bits per heavy atom. The van der Waals surface area contributed by atoms with Crippen molar-refractivity contribution in [1.82, 2.24) is 9.88 Å².